The van der Waals surface area contributed by atoms with Gasteiger partial charge >= 0.3 is 0 Å². The van der Waals surface area contributed by atoms with Crippen molar-refractivity contribution in [2.45, 2.75) is 16.7 Å². The Morgan fingerprint density at radius 1 is 1.00 bits per heavy atom. The van der Waals surface area contributed by atoms with E-state index in [0.29, 0.717) is 5.69 Å². The number of nitroso groups, excluding NO2 is 1. The normalized spacial score (nSPS) is 10.1. The summed E-state index contributed by atoms with van der Waals surface area (Å²) in [5.41, 5.74) is 1.72. The number of nitrogens with zero attached hydrogens (tertiary/aromatic N) is 1. The molecule has 0 N–H and O–H groups in total. The zero-order valence-corrected chi connectivity index (χ0v) is 9.70. The maximum Gasteiger partial charge on any atom is 0.121 e. The van der Waals surface area contributed by atoms with E-state index in [2.05, 4.69) is 24.2 Å². The first-order chi connectivity index (χ1) is 7.79. The van der Waals surface area contributed by atoms with Gasteiger partial charge in [0.05, 0.1) is 0 Å². The second-order valence-corrected chi connectivity index (χ2v) is 4.59. The molecule has 0 aromatic heterocycles. The summed E-state index contributed by atoms with van der Waals surface area (Å²) in [6, 6.07) is 15.5. The van der Waals surface area contributed by atoms with Crippen molar-refractivity contribution < 1.29 is 0 Å². The number of hydrogen-bond donors (Lipinski definition) is 0. The van der Waals surface area contributed by atoms with Crippen LogP contribution in [0.2, 0.25) is 0 Å². The maximum atomic E-state index is 10.6. The monoisotopic (exact) mass is 229 g/mol. The Kier molecular flexibility index (Phi) is 3.37. The topological polar surface area (TPSA) is 29.4 Å². The lowest BCUT2D eigenvalue weighted by molar-refractivity contribution is 1.33. The second kappa shape index (κ2) is 4.94. The zero-order valence-electron chi connectivity index (χ0n) is 8.88. The summed E-state index contributed by atoms with van der Waals surface area (Å²) in [5, 5.41) is 3.01. The highest BCUT2D eigenvalue weighted by Crippen LogP contribution is 2.34. The van der Waals surface area contributed by atoms with Crippen molar-refractivity contribution in [1.82, 2.24) is 0 Å². The molecule has 80 valence electrons. The standard InChI is InChI=1S/C13H11NOS/c1-10-6-8-11(9-7-10)16-13-5-3-2-4-12(13)14-15/h2-9H,1H3. The van der Waals surface area contributed by atoms with Crippen molar-refractivity contribution in [3.8, 4) is 0 Å². The van der Waals surface area contributed by atoms with Crippen LogP contribution < -0.4 is 0 Å². The van der Waals surface area contributed by atoms with Gasteiger partial charge in [-0.1, -0.05) is 41.6 Å². The van der Waals surface area contributed by atoms with Crippen LogP contribution in [0.3, 0.4) is 0 Å². The first-order valence-electron chi connectivity index (χ1n) is 4.96. The van der Waals surface area contributed by atoms with Crippen molar-refractivity contribution in [2.75, 3.05) is 0 Å². The van der Waals surface area contributed by atoms with E-state index in [-0.39, 0.29) is 0 Å². The highest BCUT2D eigenvalue weighted by atomic mass is 32.2. The fourth-order valence-corrected chi connectivity index (χ4v) is 2.23. The molecule has 0 spiro atoms. The van der Waals surface area contributed by atoms with Gasteiger partial charge in [-0.25, -0.2) is 0 Å². The third kappa shape index (κ3) is 2.49. The average Bonchev–Trinajstić information content (AvgIpc) is 2.33. The van der Waals surface area contributed by atoms with Crippen LogP contribution in [0.4, 0.5) is 5.69 Å². The summed E-state index contributed by atoms with van der Waals surface area (Å²) in [5.74, 6) is 0. The lowest BCUT2D eigenvalue weighted by atomic mass is 10.2. The Labute approximate surface area is 98.7 Å². The highest BCUT2D eigenvalue weighted by molar-refractivity contribution is 7.99. The third-order valence-corrected chi connectivity index (χ3v) is 3.29. The van der Waals surface area contributed by atoms with Gasteiger partial charge in [0.15, 0.2) is 0 Å². The molecule has 0 fully saturated rings. The van der Waals surface area contributed by atoms with Crippen LogP contribution in [0.25, 0.3) is 0 Å². The van der Waals surface area contributed by atoms with E-state index in [1.165, 1.54) is 5.56 Å². The highest BCUT2D eigenvalue weighted by Gasteiger charge is 2.03. The molecule has 3 heteroatoms. The molecule has 16 heavy (non-hydrogen) atoms. The Morgan fingerprint density at radius 2 is 1.69 bits per heavy atom. The molecule has 0 aliphatic rings. The predicted molar refractivity (Wildman–Crippen MR) is 67.2 cm³/mol. The Morgan fingerprint density at radius 3 is 2.38 bits per heavy atom. The lowest BCUT2D eigenvalue weighted by Crippen LogP contribution is -1.75. The number of rotatable bonds is 3. The number of aryl methyl sites for hydroxylation is 1. The summed E-state index contributed by atoms with van der Waals surface area (Å²) in [6.07, 6.45) is 0. The van der Waals surface area contributed by atoms with Gasteiger partial charge < -0.3 is 0 Å². The van der Waals surface area contributed by atoms with Crippen molar-refractivity contribution in [2.24, 2.45) is 5.18 Å². The van der Waals surface area contributed by atoms with Crippen LogP contribution in [0.1, 0.15) is 5.56 Å². The summed E-state index contributed by atoms with van der Waals surface area (Å²) in [7, 11) is 0. The quantitative estimate of drug-likeness (QED) is 0.723. The van der Waals surface area contributed by atoms with E-state index in [4.69, 9.17) is 0 Å². The molecule has 2 aromatic rings. The van der Waals surface area contributed by atoms with Crippen LogP contribution in [-0.2, 0) is 0 Å². The minimum atomic E-state index is 0.494. The molecule has 0 aliphatic carbocycles. The molecule has 0 atom stereocenters. The minimum Gasteiger partial charge on any atom is -0.145 e. The SMILES string of the molecule is Cc1ccc(Sc2ccccc2N=O)cc1. The Balaban J connectivity index is 2.26. The van der Waals surface area contributed by atoms with Gasteiger partial charge in [-0.15, -0.1) is 4.91 Å². The number of hydrogen-bond acceptors (Lipinski definition) is 3. The van der Waals surface area contributed by atoms with E-state index in [1.54, 1.807) is 17.8 Å². The molecule has 0 radical (unpaired) electrons. The molecule has 0 bridgehead atoms. The molecule has 0 saturated carbocycles. The van der Waals surface area contributed by atoms with Gasteiger partial charge in [-0.05, 0) is 36.4 Å². The summed E-state index contributed by atoms with van der Waals surface area (Å²) >= 11 is 1.55. The molecule has 2 aromatic carbocycles. The predicted octanol–water partition coefficient (Wildman–Crippen LogP) is 4.54. The van der Waals surface area contributed by atoms with Gasteiger partial charge in [0.25, 0.3) is 0 Å². The van der Waals surface area contributed by atoms with Crippen molar-refractivity contribution in [3.63, 3.8) is 0 Å². The molecule has 0 unspecified atom stereocenters. The van der Waals surface area contributed by atoms with Crippen molar-refractivity contribution in [1.29, 1.82) is 0 Å². The molecule has 2 nitrogen and oxygen atoms in total. The molecule has 2 rings (SSSR count). The van der Waals surface area contributed by atoms with E-state index in [9.17, 15) is 4.91 Å². The molecule has 0 heterocycles. The summed E-state index contributed by atoms with van der Waals surface area (Å²) in [6.45, 7) is 2.05. The van der Waals surface area contributed by atoms with Gasteiger partial charge in [0.1, 0.15) is 5.69 Å². The fraction of sp³-hybridized carbons (Fsp3) is 0.0769. The minimum absolute atomic E-state index is 0.494. The van der Waals surface area contributed by atoms with Crippen LogP contribution >= 0.6 is 11.8 Å². The largest absolute Gasteiger partial charge is 0.145 e. The zero-order chi connectivity index (χ0) is 11.4. The second-order valence-electron chi connectivity index (χ2n) is 3.47. The first kappa shape index (κ1) is 10.9. The molecule has 0 saturated heterocycles. The molecule has 0 aliphatic heterocycles. The maximum absolute atomic E-state index is 10.6. The summed E-state index contributed by atoms with van der Waals surface area (Å²) in [4.78, 5) is 12.6. The van der Waals surface area contributed by atoms with E-state index in [0.717, 1.165) is 9.79 Å². The van der Waals surface area contributed by atoms with E-state index >= 15 is 0 Å². The van der Waals surface area contributed by atoms with Gasteiger partial charge in [0, 0.05) is 9.79 Å². The van der Waals surface area contributed by atoms with Gasteiger partial charge in [-0.3, -0.25) is 0 Å². The van der Waals surface area contributed by atoms with Crippen molar-refractivity contribution >= 4 is 17.4 Å². The fourth-order valence-electron chi connectivity index (χ4n) is 1.35. The van der Waals surface area contributed by atoms with Crippen LogP contribution in [0.5, 0.6) is 0 Å². The van der Waals surface area contributed by atoms with E-state index in [1.807, 2.05) is 30.3 Å². The van der Waals surface area contributed by atoms with Crippen LogP contribution in [0.15, 0.2) is 63.5 Å². The molecular weight excluding hydrogens is 218 g/mol. The molecular formula is C13H11NOS. The van der Waals surface area contributed by atoms with Gasteiger partial charge in [0.2, 0.25) is 0 Å². The lowest BCUT2D eigenvalue weighted by Gasteiger charge is -2.03. The Bertz CT molecular complexity index is 494. The first-order valence-corrected chi connectivity index (χ1v) is 5.78. The molecule has 0 amide bonds. The van der Waals surface area contributed by atoms with E-state index < -0.39 is 0 Å². The van der Waals surface area contributed by atoms with Crippen molar-refractivity contribution in [3.05, 3.63) is 59.0 Å². The Hall–Kier alpha value is -1.61. The number of benzene rings is 2. The summed E-state index contributed by atoms with van der Waals surface area (Å²) < 4.78 is 0. The van der Waals surface area contributed by atoms with Crippen LogP contribution in [-0.4, -0.2) is 0 Å². The average molecular weight is 229 g/mol. The van der Waals surface area contributed by atoms with Gasteiger partial charge in [-0.2, -0.15) is 0 Å². The third-order valence-electron chi connectivity index (χ3n) is 2.21. The smallest absolute Gasteiger partial charge is 0.121 e. The van der Waals surface area contributed by atoms with Crippen LogP contribution in [0, 0.1) is 11.8 Å².